The molecule has 0 aliphatic heterocycles. The molecule has 0 spiro atoms. The maximum Gasteiger partial charge on any atom is 0.310 e. The molecule has 1 N–H and O–H groups in total. The van der Waals surface area contributed by atoms with Gasteiger partial charge in [0.05, 0.1) is 11.0 Å². The number of carbonyl (C=O) groups excluding carboxylic acids is 1. The van der Waals surface area contributed by atoms with Crippen LogP contribution < -0.4 is 4.74 Å². The molecule has 0 saturated carbocycles. The van der Waals surface area contributed by atoms with Gasteiger partial charge in [-0.25, -0.2) is 4.98 Å². The first-order chi connectivity index (χ1) is 9.72. The fourth-order valence-corrected chi connectivity index (χ4v) is 2.31. The predicted molar refractivity (Wildman–Crippen MR) is 78.9 cm³/mol. The molecule has 0 fully saturated rings. The zero-order valence-electron chi connectivity index (χ0n) is 11.6. The molecule has 2 aromatic carbocycles. The molecule has 0 atom stereocenters. The van der Waals surface area contributed by atoms with Gasteiger partial charge in [-0.05, 0) is 0 Å². The number of ether oxygens (including phenoxy) is 1. The van der Waals surface area contributed by atoms with Crippen LogP contribution in [0.25, 0.3) is 21.8 Å². The van der Waals surface area contributed by atoms with Crippen molar-refractivity contribution < 1.29 is 9.53 Å². The summed E-state index contributed by atoms with van der Waals surface area (Å²) in [5.74, 6) is 1.29. The third-order valence-corrected chi connectivity index (χ3v) is 3.35. The molecule has 0 aliphatic carbocycles. The molecule has 102 valence electrons. The number of benzene rings is 2. The summed E-state index contributed by atoms with van der Waals surface area (Å²) in [5, 5.41) is 1.91. The SMILES string of the molecule is CCC(=O)Oc1cc2[nH]c(CC)nc2c2ccccc12. The Labute approximate surface area is 116 Å². The van der Waals surface area contributed by atoms with E-state index >= 15 is 0 Å². The second-order valence-corrected chi connectivity index (χ2v) is 4.68. The average molecular weight is 268 g/mol. The number of aromatic amines is 1. The molecule has 0 radical (unpaired) electrons. The first kappa shape index (κ1) is 12.7. The van der Waals surface area contributed by atoms with Crippen LogP contribution in [0.15, 0.2) is 30.3 Å². The van der Waals surface area contributed by atoms with Crippen LogP contribution in [0.4, 0.5) is 0 Å². The number of carbonyl (C=O) groups is 1. The Morgan fingerprint density at radius 3 is 2.70 bits per heavy atom. The van der Waals surface area contributed by atoms with E-state index in [0.717, 1.165) is 34.1 Å². The van der Waals surface area contributed by atoms with Gasteiger partial charge in [0.25, 0.3) is 0 Å². The highest BCUT2D eigenvalue weighted by atomic mass is 16.5. The molecule has 4 heteroatoms. The number of nitrogens with one attached hydrogen (secondary N) is 1. The number of nitrogens with zero attached hydrogens (tertiary/aromatic N) is 1. The van der Waals surface area contributed by atoms with Gasteiger partial charge in [-0.15, -0.1) is 0 Å². The van der Waals surface area contributed by atoms with Crippen molar-refractivity contribution in [2.75, 3.05) is 0 Å². The van der Waals surface area contributed by atoms with Crippen LogP contribution in [0, 0.1) is 0 Å². The molecule has 0 saturated heterocycles. The molecule has 3 aromatic rings. The van der Waals surface area contributed by atoms with Crippen molar-refractivity contribution in [3.05, 3.63) is 36.2 Å². The fourth-order valence-electron chi connectivity index (χ4n) is 2.31. The lowest BCUT2D eigenvalue weighted by molar-refractivity contribution is -0.133. The first-order valence-electron chi connectivity index (χ1n) is 6.84. The van der Waals surface area contributed by atoms with Gasteiger partial charge in [0.2, 0.25) is 0 Å². The lowest BCUT2D eigenvalue weighted by Crippen LogP contribution is -2.05. The number of esters is 1. The summed E-state index contributed by atoms with van der Waals surface area (Å²) in [5.41, 5.74) is 1.83. The van der Waals surface area contributed by atoms with Gasteiger partial charge in [-0.2, -0.15) is 0 Å². The van der Waals surface area contributed by atoms with Crippen LogP contribution in [0.1, 0.15) is 26.1 Å². The minimum absolute atomic E-state index is 0.232. The normalized spacial score (nSPS) is 11.1. The molecule has 1 aromatic heterocycles. The summed E-state index contributed by atoms with van der Waals surface area (Å²) in [6.07, 6.45) is 1.20. The Morgan fingerprint density at radius 1 is 1.25 bits per heavy atom. The molecule has 3 rings (SSSR count). The largest absolute Gasteiger partial charge is 0.426 e. The van der Waals surface area contributed by atoms with Crippen LogP contribution in [0.3, 0.4) is 0 Å². The molecule has 4 nitrogen and oxygen atoms in total. The number of rotatable bonds is 3. The van der Waals surface area contributed by atoms with Crippen molar-refractivity contribution in [1.29, 1.82) is 0 Å². The Bertz CT molecular complexity index is 790. The molecule has 20 heavy (non-hydrogen) atoms. The third kappa shape index (κ3) is 2.03. The third-order valence-electron chi connectivity index (χ3n) is 3.35. The highest BCUT2D eigenvalue weighted by Gasteiger charge is 2.13. The van der Waals surface area contributed by atoms with Gasteiger partial charge in [-0.1, -0.05) is 38.1 Å². The lowest BCUT2D eigenvalue weighted by atomic mass is 10.1. The monoisotopic (exact) mass is 268 g/mol. The van der Waals surface area contributed by atoms with E-state index in [4.69, 9.17) is 4.74 Å². The summed E-state index contributed by atoms with van der Waals surface area (Å²) in [7, 11) is 0. The number of hydrogen-bond acceptors (Lipinski definition) is 3. The highest BCUT2D eigenvalue weighted by molar-refractivity contribution is 6.07. The van der Waals surface area contributed by atoms with Gasteiger partial charge in [0.15, 0.2) is 0 Å². The zero-order valence-corrected chi connectivity index (χ0v) is 11.6. The van der Waals surface area contributed by atoms with E-state index in [-0.39, 0.29) is 5.97 Å². The van der Waals surface area contributed by atoms with E-state index < -0.39 is 0 Å². The topological polar surface area (TPSA) is 55.0 Å². The van der Waals surface area contributed by atoms with Crippen molar-refractivity contribution in [2.24, 2.45) is 0 Å². The van der Waals surface area contributed by atoms with Crippen molar-refractivity contribution in [1.82, 2.24) is 9.97 Å². The molecule has 0 unspecified atom stereocenters. The molecule has 1 heterocycles. The van der Waals surface area contributed by atoms with Gasteiger partial charge in [0.1, 0.15) is 11.6 Å². The highest BCUT2D eigenvalue weighted by Crippen LogP contribution is 2.32. The van der Waals surface area contributed by atoms with E-state index in [1.165, 1.54) is 0 Å². The molecule has 0 bridgehead atoms. The minimum atomic E-state index is -0.232. The Hall–Kier alpha value is -2.36. The number of imidazole rings is 1. The Kier molecular flexibility index (Phi) is 3.14. The van der Waals surface area contributed by atoms with Crippen molar-refractivity contribution in [2.45, 2.75) is 26.7 Å². The van der Waals surface area contributed by atoms with Crippen LogP contribution in [0.5, 0.6) is 5.75 Å². The quantitative estimate of drug-likeness (QED) is 0.583. The van der Waals surface area contributed by atoms with Crippen molar-refractivity contribution >= 4 is 27.8 Å². The standard InChI is InChI=1S/C16H16N2O2/c1-3-14-17-12-9-13(20-15(19)4-2)10-7-5-6-8-11(10)16(12)18-14/h5-9H,3-4H2,1-2H3,(H,17,18). The van der Waals surface area contributed by atoms with Crippen molar-refractivity contribution in [3.63, 3.8) is 0 Å². The zero-order chi connectivity index (χ0) is 14.1. The first-order valence-corrected chi connectivity index (χ1v) is 6.84. The second-order valence-electron chi connectivity index (χ2n) is 4.68. The molecular weight excluding hydrogens is 252 g/mol. The van der Waals surface area contributed by atoms with E-state index in [0.29, 0.717) is 12.2 Å². The number of H-pyrrole nitrogens is 1. The number of hydrogen-bond donors (Lipinski definition) is 1. The summed E-state index contributed by atoms with van der Waals surface area (Å²) in [6.45, 7) is 3.84. The number of fused-ring (bicyclic) bond motifs is 3. The van der Waals surface area contributed by atoms with Crippen LogP contribution in [0.2, 0.25) is 0 Å². The maximum atomic E-state index is 11.6. The number of aryl methyl sites for hydroxylation is 1. The van der Waals surface area contributed by atoms with Gasteiger partial charge in [0, 0.05) is 29.7 Å². The van der Waals surface area contributed by atoms with Crippen LogP contribution in [-0.4, -0.2) is 15.9 Å². The summed E-state index contributed by atoms with van der Waals surface area (Å²) >= 11 is 0. The van der Waals surface area contributed by atoms with E-state index in [1.807, 2.05) is 30.3 Å². The van der Waals surface area contributed by atoms with Gasteiger partial charge in [-0.3, -0.25) is 4.79 Å². The molecule has 0 aliphatic rings. The second kappa shape index (κ2) is 4.96. The summed E-state index contributed by atoms with van der Waals surface area (Å²) in [4.78, 5) is 19.4. The molecule has 0 amide bonds. The van der Waals surface area contributed by atoms with Gasteiger partial charge >= 0.3 is 5.97 Å². The Balaban J connectivity index is 2.29. The van der Waals surface area contributed by atoms with E-state index in [2.05, 4.69) is 16.9 Å². The minimum Gasteiger partial charge on any atom is -0.426 e. The summed E-state index contributed by atoms with van der Waals surface area (Å²) < 4.78 is 5.44. The number of aromatic nitrogens is 2. The van der Waals surface area contributed by atoms with E-state index in [9.17, 15) is 4.79 Å². The van der Waals surface area contributed by atoms with E-state index in [1.54, 1.807) is 6.92 Å². The lowest BCUT2D eigenvalue weighted by Gasteiger charge is -2.07. The van der Waals surface area contributed by atoms with Crippen molar-refractivity contribution in [3.8, 4) is 5.75 Å². The Morgan fingerprint density at radius 2 is 2.00 bits per heavy atom. The average Bonchev–Trinajstić information content (AvgIpc) is 2.90. The van der Waals surface area contributed by atoms with Crippen LogP contribution in [-0.2, 0) is 11.2 Å². The van der Waals surface area contributed by atoms with Gasteiger partial charge < -0.3 is 9.72 Å². The predicted octanol–water partition coefficient (Wildman–Crippen LogP) is 3.59. The molecular formula is C16H16N2O2. The van der Waals surface area contributed by atoms with Crippen LogP contribution >= 0.6 is 0 Å². The summed E-state index contributed by atoms with van der Waals surface area (Å²) in [6, 6.07) is 9.71. The fraction of sp³-hybridized carbons (Fsp3) is 0.250. The smallest absolute Gasteiger partial charge is 0.310 e. The maximum absolute atomic E-state index is 11.6.